The van der Waals surface area contributed by atoms with Crippen molar-refractivity contribution in [3.63, 3.8) is 0 Å². The Morgan fingerprint density at radius 2 is 1.87 bits per heavy atom. The number of nitrogen functional groups attached to an aromatic ring is 1. The highest BCUT2D eigenvalue weighted by Crippen LogP contribution is 2.24. The lowest BCUT2D eigenvalue weighted by atomic mass is 10.0. The minimum absolute atomic E-state index is 0.694. The van der Waals surface area contributed by atoms with Gasteiger partial charge in [0.15, 0.2) is 0 Å². The third-order valence-corrected chi connectivity index (χ3v) is 4.95. The molecule has 1 fully saturated rings. The number of nitrogens with two attached hydrogens (primary N) is 1. The van der Waals surface area contributed by atoms with Crippen LogP contribution in [0, 0.1) is 12.8 Å². The van der Waals surface area contributed by atoms with Gasteiger partial charge in [0.25, 0.3) is 0 Å². The molecule has 0 spiro atoms. The Bertz CT molecular complexity index is 463. The Labute approximate surface area is 141 Å². The number of unbranched alkanes of at least 4 members (excludes halogenated alkanes) is 5. The molecule has 4 heteroatoms. The van der Waals surface area contributed by atoms with Crippen LogP contribution in [0.1, 0.15) is 76.5 Å². The summed E-state index contributed by atoms with van der Waals surface area (Å²) in [4.78, 5) is 11.7. The van der Waals surface area contributed by atoms with Crippen LogP contribution in [0.3, 0.4) is 0 Å². The quantitative estimate of drug-likeness (QED) is 0.717. The maximum Gasteiger partial charge on any atom is 0.227 e. The molecule has 0 aromatic carbocycles. The molecule has 130 valence electrons. The van der Waals surface area contributed by atoms with E-state index in [0.717, 1.165) is 42.6 Å². The summed E-state index contributed by atoms with van der Waals surface area (Å²) in [6.07, 6.45) is 11.4. The predicted molar refractivity (Wildman–Crippen MR) is 98.9 cm³/mol. The molecule has 1 aromatic heterocycles. The van der Waals surface area contributed by atoms with Crippen LogP contribution >= 0.6 is 0 Å². The summed E-state index contributed by atoms with van der Waals surface area (Å²) in [6, 6.07) is 0. The Morgan fingerprint density at radius 1 is 1.13 bits per heavy atom. The molecule has 23 heavy (non-hydrogen) atoms. The van der Waals surface area contributed by atoms with Crippen LogP contribution in [0.4, 0.5) is 11.8 Å². The van der Waals surface area contributed by atoms with Crippen molar-refractivity contribution >= 4 is 11.8 Å². The molecule has 1 aromatic rings. The van der Waals surface area contributed by atoms with E-state index in [9.17, 15) is 0 Å². The molecule has 1 saturated heterocycles. The lowest BCUT2D eigenvalue weighted by Crippen LogP contribution is -2.35. The van der Waals surface area contributed by atoms with Gasteiger partial charge in [0.05, 0.1) is 0 Å². The van der Waals surface area contributed by atoms with E-state index >= 15 is 0 Å². The molecule has 0 bridgehead atoms. The zero-order valence-corrected chi connectivity index (χ0v) is 15.3. The number of aryl methyl sites for hydroxylation is 1. The van der Waals surface area contributed by atoms with Crippen molar-refractivity contribution < 1.29 is 0 Å². The van der Waals surface area contributed by atoms with Crippen LogP contribution in [0.2, 0.25) is 0 Å². The molecule has 0 saturated carbocycles. The predicted octanol–water partition coefficient (Wildman–Crippen LogP) is 4.51. The summed E-state index contributed by atoms with van der Waals surface area (Å²) in [5, 5.41) is 0. The normalized spacial score (nSPS) is 18.4. The summed E-state index contributed by atoms with van der Waals surface area (Å²) in [7, 11) is 0. The van der Waals surface area contributed by atoms with Crippen LogP contribution in [-0.2, 0) is 6.42 Å². The average Bonchev–Trinajstić information content (AvgIpc) is 2.52. The summed E-state index contributed by atoms with van der Waals surface area (Å²) < 4.78 is 0. The zero-order valence-electron chi connectivity index (χ0n) is 15.3. The number of nitrogens with zero attached hydrogens (tertiary/aromatic N) is 3. The van der Waals surface area contributed by atoms with Gasteiger partial charge in [0, 0.05) is 24.3 Å². The molecular weight excluding hydrogens is 284 g/mol. The standard InChI is InChI=1S/C19H34N4/c1-4-5-6-7-8-9-12-17-16(3)21-19(22-18(17)20)23-13-10-11-15(2)14-23/h15H,4-14H2,1-3H3,(H2,20,21,22). The Hall–Kier alpha value is -1.32. The van der Waals surface area contributed by atoms with E-state index < -0.39 is 0 Å². The fourth-order valence-corrected chi connectivity index (χ4v) is 3.51. The average molecular weight is 319 g/mol. The molecule has 2 N–H and O–H groups in total. The SMILES string of the molecule is CCCCCCCCc1c(C)nc(N2CCCC(C)C2)nc1N. The lowest BCUT2D eigenvalue weighted by molar-refractivity contribution is 0.442. The van der Waals surface area contributed by atoms with Crippen molar-refractivity contribution in [2.75, 3.05) is 23.7 Å². The molecule has 2 rings (SSSR count). The molecule has 0 radical (unpaired) electrons. The highest BCUT2D eigenvalue weighted by atomic mass is 15.3. The summed E-state index contributed by atoms with van der Waals surface area (Å²) in [6.45, 7) is 8.75. The van der Waals surface area contributed by atoms with Gasteiger partial charge in [0.2, 0.25) is 5.95 Å². The summed E-state index contributed by atoms with van der Waals surface area (Å²) >= 11 is 0. The van der Waals surface area contributed by atoms with Crippen LogP contribution < -0.4 is 10.6 Å². The highest BCUT2D eigenvalue weighted by Gasteiger charge is 2.20. The first-order chi connectivity index (χ1) is 11.1. The smallest absolute Gasteiger partial charge is 0.227 e. The lowest BCUT2D eigenvalue weighted by Gasteiger charge is -2.31. The van der Waals surface area contributed by atoms with Crippen LogP contribution in [-0.4, -0.2) is 23.1 Å². The summed E-state index contributed by atoms with van der Waals surface area (Å²) in [5.41, 5.74) is 8.48. The Balaban J connectivity index is 1.91. The fraction of sp³-hybridized carbons (Fsp3) is 0.789. The van der Waals surface area contributed by atoms with E-state index in [2.05, 4.69) is 30.7 Å². The van der Waals surface area contributed by atoms with Crippen molar-refractivity contribution in [2.24, 2.45) is 5.92 Å². The Morgan fingerprint density at radius 3 is 2.57 bits per heavy atom. The van der Waals surface area contributed by atoms with Crippen molar-refractivity contribution in [2.45, 2.75) is 78.6 Å². The van der Waals surface area contributed by atoms with Crippen LogP contribution in [0.25, 0.3) is 0 Å². The molecule has 1 unspecified atom stereocenters. The van der Waals surface area contributed by atoms with Crippen LogP contribution in [0.15, 0.2) is 0 Å². The maximum atomic E-state index is 6.25. The highest BCUT2D eigenvalue weighted by molar-refractivity contribution is 5.48. The number of rotatable bonds is 8. The van der Waals surface area contributed by atoms with Gasteiger partial charge in [-0.15, -0.1) is 0 Å². The number of anilines is 2. The number of aromatic nitrogens is 2. The van der Waals surface area contributed by atoms with Gasteiger partial charge in [-0.05, 0) is 38.5 Å². The second-order valence-electron chi connectivity index (χ2n) is 7.18. The molecule has 1 atom stereocenters. The largest absolute Gasteiger partial charge is 0.383 e. The first-order valence-electron chi connectivity index (χ1n) is 9.49. The topological polar surface area (TPSA) is 55.0 Å². The van der Waals surface area contributed by atoms with Gasteiger partial charge in [-0.3, -0.25) is 0 Å². The van der Waals surface area contributed by atoms with Gasteiger partial charge >= 0.3 is 0 Å². The number of hydrogen-bond donors (Lipinski definition) is 1. The molecule has 2 heterocycles. The van der Waals surface area contributed by atoms with E-state index in [0.29, 0.717) is 5.82 Å². The second-order valence-corrected chi connectivity index (χ2v) is 7.18. The zero-order chi connectivity index (χ0) is 16.7. The van der Waals surface area contributed by atoms with E-state index in [1.54, 1.807) is 0 Å². The molecule has 1 aliphatic rings. The van der Waals surface area contributed by atoms with E-state index in [-0.39, 0.29) is 0 Å². The van der Waals surface area contributed by atoms with Crippen molar-refractivity contribution in [3.8, 4) is 0 Å². The molecule has 1 aliphatic heterocycles. The third kappa shape index (κ3) is 5.36. The van der Waals surface area contributed by atoms with Crippen molar-refractivity contribution in [1.29, 1.82) is 0 Å². The first kappa shape index (κ1) is 18.0. The second kappa shape index (κ2) is 9.09. The minimum Gasteiger partial charge on any atom is -0.383 e. The monoisotopic (exact) mass is 318 g/mol. The summed E-state index contributed by atoms with van der Waals surface area (Å²) in [5.74, 6) is 2.24. The number of piperidine rings is 1. The molecular formula is C19H34N4. The van der Waals surface area contributed by atoms with Gasteiger partial charge < -0.3 is 10.6 Å². The van der Waals surface area contributed by atoms with Gasteiger partial charge in [0.1, 0.15) is 5.82 Å². The van der Waals surface area contributed by atoms with Gasteiger partial charge in [-0.25, -0.2) is 4.98 Å². The fourth-order valence-electron chi connectivity index (χ4n) is 3.51. The van der Waals surface area contributed by atoms with E-state index in [4.69, 9.17) is 10.7 Å². The first-order valence-corrected chi connectivity index (χ1v) is 9.49. The molecule has 4 nitrogen and oxygen atoms in total. The molecule has 0 amide bonds. The Kier molecular flexibility index (Phi) is 7.13. The van der Waals surface area contributed by atoms with Crippen molar-refractivity contribution in [1.82, 2.24) is 9.97 Å². The minimum atomic E-state index is 0.694. The van der Waals surface area contributed by atoms with Crippen molar-refractivity contribution in [3.05, 3.63) is 11.3 Å². The van der Waals surface area contributed by atoms with E-state index in [1.165, 1.54) is 51.4 Å². The van der Waals surface area contributed by atoms with Crippen LogP contribution in [0.5, 0.6) is 0 Å². The third-order valence-electron chi connectivity index (χ3n) is 4.95. The van der Waals surface area contributed by atoms with Gasteiger partial charge in [-0.2, -0.15) is 4.98 Å². The number of hydrogen-bond acceptors (Lipinski definition) is 4. The maximum absolute atomic E-state index is 6.25. The van der Waals surface area contributed by atoms with E-state index in [1.807, 2.05) is 0 Å². The molecule has 0 aliphatic carbocycles. The van der Waals surface area contributed by atoms with Gasteiger partial charge in [-0.1, -0.05) is 46.0 Å².